The van der Waals surface area contributed by atoms with Crippen molar-refractivity contribution in [2.75, 3.05) is 32.5 Å². The summed E-state index contributed by atoms with van der Waals surface area (Å²) in [5.74, 6) is 0.547. The molecule has 180 valence electrons. The Morgan fingerprint density at radius 1 is 1.26 bits per heavy atom. The number of likely N-dealkylation sites (tertiary alicyclic amines) is 1. The van der Waals surface area contributed by atoms with Gasteiger partial charge in [0.1, 0.15) is 11.6 Å². The first-order valence-corrected chi connectivity index (χ1v) is 12.8. The Hall–Kier alpha value is -2.64. The number of nitrogens with zero attached hydrogens (tertiary/aromatic N) is 2. The molecule has 2 atom stereocenters. The zero-order chi connectivity index (χ0) is 23.9. The van der Waals surface area contributed by atoms with Crippen LogP contribution in [0.15, 0.2) is 59.6 Å². The van der Waals surface area contributed by atoms with Gasteiger partial charge >= 0.3 is 5.97 Å². The molecule has 0 amide bonds. The van der Waals surface area contributed by atoms with Crippen molar-refractivity contribution in [3.05, 3.63) is 66.1 Å². The molecule has 4 rings (SSSR count). The molecule has 3 aromatic rings. The van der Waals surface area contributed by atoms with Gasteiger partial charge in [-0.25, -0.2) is 4.39 Å². The van der Waals surface area contributed by atoms with Crippen LogP contribution in [0.4, 0.5) is 4.39 Å². The van der Waals surface area contributed by atoms with E-state index in [2.05, 4.69) is 16.0 Å². The second-order valence-electron chi connectivity index (χ2n) is 8.85. The standard InChI is InChI=1S/C27H31FN2O3S/c1-33-22-8-9-26-24(17-22)19(10-12-29-26)4-2-5-20-11-13-30(18-25(20)27(31)32)14-15-34-23-7-3-6-21(28)16-23/h3,6-10,12,16-17,20,25H,2,4-5,11,13-15,18H2,1H3,(H,31,32). The van der Waals surface area contributed by atoms with Crippen LogP contribution in [0.5, 0.6) is 5.75 Å². The van der Waals surface area contributed by atoms with E-state index in [1.807, 2.05) is 30.5 Å². The fourth-order valence-electron chi connectivity index (χ4n) is 4.83. The Bertz CT molecular complexity index is 1130. The number of piperidine rings is 1. The molecule has 1 fully saturated rings. The highest BCUT2D eigenvalue weighted by Crippen LogP contribution is 2.30. The SMILES string of the molecule is COc1ccc2nccc(CCCC3CCN(CCSc4cccc(F)c4)CC3C(=O)O)c2c1. The van der Waals surface area contributed by atoms with Crippen LogP contribution in [0.25, 0.3) is 10.9 Å². The molecule has 0 spiro atoms. The maximum atomic E-state index is 13.4. The highest BCUT2D eigenvalue weighted by atomic mass is 32.2. The van der Waals surface area contributed by atoms with Crippen LogP contribution in [0.1, 0.15) is 24.8 Å². The number of aryl methyl sites for hydroxylation is 1. The lowest BCUT2D eigenvalue weighted by Gasteiger charge is -2.36. The van der Waals surface area contributed by atoms with E-state index in [-0.39, 0.29) is 17.7 Å². The third kappa shape index (κ3) is 6.27. The van der Waals surface area contributed by atoms with Gasteiger partial charge in [0.25, 0.3) is 0 Å². The van der Waals surface area contributed by atoms with Gasteiger partial charge in [0.2, 0.25) is 0 Å². The predicted molar refractivity (Wildman–Crippen MR) is 134 cm³/mol. The number of halogens is 1. The molecule has 1 aliphatic rings. The number of aliphatic carboxylic acids is 1. The molecule has 1 aliphatic heterocycles. The normalized spacial score (nSPS) is 18.8. The Morgan fingerprint density at radius 2 is 2.15 bits per heavy atom. The van der Waals surface area contributed by atoms with Crippen LogP contribution in [0.3, 0.4) is 0 Å². The van der Waals surface area contributed by atoms with Crippen molar-refractivity contribution in [1.82, 2.24) is 9.88 Å². The van der Waals surface area contributed by atoms with Gasteiger partial charge in [-0.1, -0.05) is 6.07 Å². The van der Waals surface area contributed by atoms with Crippen molar-refractivity contribution >= 4 is 28.6 Å². The summed E-state index contributed by atoms with van der Waals surface area (Å²) in [6, 6.07) is 14.6. The van der Waals surface area contributed by atoms with E-state index in [9.17, 15) is 14.3 Å². The molecular weight excluding hydrogens is 451 g/mol. The molecule has 5 nitrogen and oxygen atoms in total. The first kappa shape index (κ1) is 24.5. The molecule has 0 aliphatic carbocycles. The number of ether oxygens (including phenoxy) is 1. The number of carboxylic acids is 1. The number of carbonyl (C=O) groups is 1. The Labute approximate surface area is 204 Å². The number of hydrogen-bond donors (Lipinski definition) is 1. The van der Waals surface area contributed by atoms with Crippen LogP contribution in [-0.4, -0.2) is 53.5 Å². The smallest absolute Gasteiger partial charge is 0.308 e. The number of rotatable bonds is 10. The van der Waals surface area contributed by atoms with Crippen molar-refractivity contribution in [2.24, 2.45) is 11.8 Å². The minimum absolute atomic E-state index is 0.187. The molecule has 2 heterocycles. The number of aromatic nitrogens is 1. The van der Waals surface area contributed by atoms with Crippen LogP contribution in [0.2, 0.25) is 0 Å². The highest BCUT2D eigenvalue weighted by Gasteiger charge is 2.33. The maximum absolute atomic E-state index is 13.4. The maximum Gasteiger partial charge on any atom is 0.308 e. The minimum Gasteiger partial charge on any atom is -0.497 e. The molecule has 1 saturated heterocycles. The Kier molecular flexibility index (Phi) is 8.40. The topological polar surface area (TPSA) is 62.7 Å². The van der Waals surface area contributed by atoms with Gasteiger partial charge in [-0.2, -0.15) is 0 Å². The zero-order valence-corrected chi connectivity index (χ0v) is 20.3. The lowest BCUT2D eigenvalue weighted by Crippen LogP contribution is -2.44. The van der Waals surface area contributed by atoms with E-state index in [1.54, 1.807) is 31.0 Å². The van der Waals surface area contributed by atoms with Gasteiger partial charge in [0.15, 0.2) is 0 Å². The minimum atomic E-state index is -0.702. The van der Waals surface area contributed by atoms with E-state index >= 15 is 0 Å². The quantitative estimate of drug-likeness (QED) is 0.384. The van der Waals surface area contributed by atoms with E-state index in [0.29, 0.717) is 6.54 Å². The summed E-state index contributed by atoms with van der Waals surface area (Å²) in [5, 5.41) is 11.0. The molecule has 1 aromatic heterocycles. The molecule has 34 heavy (non-hydrogen) atoms. The number of carboxylic acid groups (broad SMARTS) is 1. The van der Waals surface area contributed by atoms with Gasteiger partial charge in [-0.15, -0.1) is 11.8 Å². The highest BCUT2D eigenvalue weighted by molar-refractivity contribution is 7.99. The summed E-state index contributed by atoms with van der Waals surface area (Å²) in [6.07, 6.45) is 5.47. The molecule has 1 N–H and O–H groups in total. The van der Waals surface area contributed by atoms with Gasteiger partial charge in [-0.3, -0.25) is 9.78 Å². The van der Waals surface area contributed by atoms with Crippen LogP contribution in [-0.2, 0) is 11.2 Å². The molecular formula is C27H31FN2O3S. The lowest BCUT2D eigenvalue weighted by molar-refractivity contribution is -0.146. The fraction of sp³-hybridized carbons (Fsp3) is 0.407. The third-order valence-electron chi connectivity index (χ3n) is 6.69. The second-order valence-corrected chi connectivity index (χ2v) is 10.0. The van der Waals surface area contributed by atoms with Crippen LogP contribution in [0, 0.1) is 17.7 Å². The average Bonchev–Trinajstić information content (AvgIpc) is 2.84. The van der Waals surface area contributed by atoms with Crippen molar-refractivity contribution in [3.63, 3.8) is 0 Å². The summed E-state index contributed by atoms with van der Waals surface area (Å²) in [5.41, 5.74) is 2.17. The van der Waals surface area contributed by atoms with Gasteiger partial charge < -0.3 is 14.7 Å². The average molecular weight is 483 g/mol. The van der Waals surface area contributed by atoms with Crippen molar-refractivity contribution in [3.8, 4) is 5.75 Å². The van der Waals surface area contributed by atoms with Gasteiger partial charge in [0.05, 0.1) is 18.5 Å². The number of pyridine rings is 1. The lowest BCUT2D eigenvalue weighted by atomic mass is 9.81. The molecule has 2 aromatic carbocycles. The zero-order valence-electron chi connectivity index (χ0n) is 19.5. The van der Waals surface area contributed by atoms with E-state index < -0.39 is 5.97 Å². The van der Waals surface area contributed by atoms with E-state index in [1.165, 1.54) is 11.6 Å². The molecule has 0 saturated carbocycles. The molecule has 0 radical (unpaired) electrons. The van der Waals surface area contributed by atoms with E-state index in [4.69, 9.17) is 4.74 Å². The molecule has 0 bridgehead atoms. The van der Waals surface area contributed by atoms with Crippen molar-refractivity contribution < 1.29 is 19.0 Å². The summed E-state index contributed by atoms with van der Waals surface area (Å²) in [6.45, 7) is 2.30. The van der Waals surface area contributed by atoms with E-state index in [0.717, 1.165) is 66.1 Å². The number of thioether (sulfide) groups is 1. The van der Waals surface area contributed by atoms with Gasteiger partial charge in [0, 0.05) is 35.3 Å². The van der Waals surface area contributed by atoms with Crippen molar-refractivity contribution in [1.29, 1.82) is 0 Å². The second kappa shape index (κ2) is 11.7. The largest absolute Gasteiger partial charge is 0.497 e. The Balaban J connectivity index is 1.29. The fourth-order valence-corrected chi connectivity index (χ4v) is 5.78. The Morgan fingerprint density at radius 3 is 2.94 bits per heavy atom. The first-order valence-electron chi connectivity index (χ1n) is 11.8. The molecule has 2 unspecified atom stereocenters. The monoisotopic (exact) mass is 482 g/mol. The van der Waals surface area contributed by atoms with Gasteiger partial charge in [-0.05, 0) is 86.2 Å². The number of fused-ring (bicyclic) bond motifs is 1. The first-order chi connectivity index (χ1) is 16.5. The van der Waals surface area contributed by atoms with Crippen molar-refractivity contribution in [2.45, 2.75) is 30.6 Å². The predicted octanol–water partition coefficient (Wildman–Crippen LogP) is 5.52. The van der Waals surface area contributed by atoms with Crippen LogP contribution < -0.4 is 4.74 Å². The number of hydrogen-bond acceptors (Lipinski definition) is 5. The summed E-state index contributed by atoms with van der Waals surface area (Å²) >= 11 is 1.61. The molecule has 7 heteroatoms. The number of methoxy groups -OCH3 is 1. The summed E-state index contributed by atoms with van der Waals surface area (Å²) < 4.78 is 18.7. The van der Waals surface area contributed by atoms with Crippen LogP contribution >= 0.6 is 11.8 Å². The third-order valence-corrected chi connectivity index (χ3v) is 7.66. The summed E-state index contributed by atoms with van der Waals surface area (Å²) in [4.78, 5) is 19.6. The number of benzene rings is 2. The summed E-state index contributed by atoms with van der Waals surface area (Å²) in [7, 11) is 1.66.